The fraction of sp³-hybridized carbons (Fsp3) is 0.280. The number of hydrazone groups is 1. The van der Waals surface area contributed by atoms with Crippen molar-refractivity contribution >= 4 is 62.4 Å². The van der Waals surface area contributed by atoms with Gasteiger partial charge in [0.1, 0.15) is 24.0 Å². The average Bonchev–Trinajstić information content (AvgIpc) is 3.25. The highest BCUT2D eigenvalue weighted by Crippen LogP contribution is 2.35. The molecule has 2 aromatic rings. The number of benzene rings is 2. The molecule has 2 heterocycles. The Morgan fingerprint density at radius 3 is 2.63 bits per heavy atom. The molecule has 4 rings (SSSR count). The minimum atomic E-state index is -0.459. The van der Waals surface area contributed by atoms with Gasteiger partial charge in [-0.25, -0.2) is 0 Å². The lowest BCUT2D eigenvalue weighted by Crippen LogP contribution is -2.35. The second-order valence-electron chi connectivity index (χ2n) is 7.84. The van der Waals surface area contributed by atoms with Crippen molar-refractivity contribution in [2.45, 2.75) is 27.2 Å². The van der Waals surface area contributed by atoms with Crippen LogP contribution in [0.25, 0.3) is 6.08 Å². The largest absolute Gasteiger partial charge is 0.493 e. The van der Waals surface area contributed by atoms with Crippen LogP contribution in [0.3, 0.4) is 0 Å². The van der Waals surface area contributed by atoms with E-state index in [1.54, 1.807) is 19.3 Å². The number of amidine groups is 2. The number of fused-ring (bicyclic) bond motifs is 1. The molecular formula is C25H25IN4O4S. The predicted molar refractivity (Wildman–Crippen MR) is 148 cm³/mol. The Kier molecular flexibility index (Phi) is 7.80. The molecule has 1 N–H and O–H groups in total. The summed E-state index contributed by atoms with van der Waals surface area (Å²) in [5.41, 5.74) is 3.27. The van der Waals surface area contributed by atoms with E-state index in [9.17, 15) is 4.79 Å². The lowest BCUT2D eigenvalue weighted by molar-refractivity contribution is -0.114. The van der Waals surface area contributed by atoms with Crippen molar-refractivity contribution in [3.63, 3.8) is 0 Å². The van der Waals surface area contributed by atoms with Crippen LogP contribution in [0.15, 0.2) is 46.0 Å². The Hall–Kier alpha value is -2.86. The molecule has 1 amide bonds. The topological polar surface area (TPSA) is 96.6 Å². The molecular weight excluding hydrogens is 579 g/mol. The number of amides is 1. The predicted octanol–water partition coefficient (Wildman–Crippen LogP) is 5.40. The summed E-state index contributed by atoms with van der Waals surface area (Å²) in [7, 11) is 1.56. The van der Waals surface area contributed by atoms with E-state index in [2.05, 4.69) is 46.5 Å². The van der Waals surface area contributed by atoms with Crippen LogP contribution in [-0.4, -0.2) is 47.3 Å². The molecule has 0 unspecified atom stereocenters. The number of nitrogens with zero attached hydrogens (tertiary/aromatic N) is 3. The number of rotatable bonds is 8. The van der Waals surface area contributed by atoms with E-state index in [0.717, 1.165) is 14.4 Å². The van der Waals surface area contributed by atoms with E-state index < -0.39 is 5.91 Å². The standard InChI is InChI=1S/C25H25IN4O4S/c1-5-21-29-30-23(27)18(24(31)28-25(30)35-21)11-16-12-19(26)22(20(13-16)32-4)34-9-8-33-17-7-6-14(2)15(3)10-17/h6-7,10-13,27H,5,8-9H2,1-4H3/b18-11-,27-23?. The quantitative estimate of drug-likeness (QED) is 0.246. The Balaban J connectivity index is 1.48. The molecule has 35 heavy (non-hydrogen) atoms. The van der Waals surface area contributed by atoms with Crippen molar-refractivity contribution in [2.75, 3.05) is 20.3 Å². The third-order valence-corrected chi connectivity index (χ3v) is 7.29. The number of aryl methyl sites for hydroxylation is 2. The first kappa shape index (κ1) is 25.2. The number of carbonyl (C=O) groups excluding carboxylic acids is 1. The summed E-state index contributed by atoms with van der Waals surface area (Å²) in [5, 5.41) is 15.5. The minimum Gasteiger partial charge on any atom is -0.493 e. The number of carbonyl (C=O) groups is 1. The van der Waals surface area contributed by atoms with Crippen LogP contribution in [0.5, 0.6) is 17.2 Å². The van der Waals surface area contributed by atoms with Gasteiger partial charge < -0.3 is 14.2 Å². The van der Waals surface area contributed by atoms with Crippen molar-refractivity contribution in [2.24, 2.45) is 10.1 Å². The van der Waals surface area contributed by atoms with Crippen molar-refractivity contribution in [1.82, 2.24) is 5.01 Å². The zero-order chi connectivity index (χ0) is 25.1. The zero-order valence-corrected chi connectivity index (χ0v) is 22.8. The number of hydrogen-bond acceptors (Lipinski definition) is 7. The lowest BCUT2D eigenvalue weighted by atomic mass is 10.1. The van der Waals surface area contributed by atoms with E-state index in [1.807, 2.05) is 31.2 Å². The second-order valence-corrected chi connectivity index (χ2v) is 10.0. The van der Waals surface area contributed by atoms with Gasteiger partial charge in [-0.2, -0.15) is 15.1 Å². The van der Waals surface area contributed by atoms with Crippen LogP contribution in [0.4, 0.5) is 0 Å². The van der Waals surface area contributed by atoms with E-state index in [-0.39, 0.29) is 11.4 Å². The molecule has 0 radical (unpaired) electrons. The number of aliphatic imine (C=N–C) groups is 1. The maximum atomic E-state index is 12.6. The number of nitrogens with one attached hydrogen (secondary N) is 1. The molecule has 2 aliphatic rings. The summed E-state index contributed by atoms with van der Waals surface area (Å²) < 4.78 is 18.1. The Morgan fingerprint density at radius 2 is 1.91 bits per heavy atom. The highest BCUT2D eigenvalue weighted by atomic mass is 127. The van der Waals surface area contributed by atoms with E-state index in [1.165, 1.54) is 27.9 Å². The van der Waals surface area contributed by atoms with Gasteiger partial charge in [0, 0.05) is 0 Å². The fourth-order valence-electron chi connectivity index (χ4n) is 3.41. The maximum Gasteiger partial charge on any atom is 0.283 e. The Morgan fingerprint density at radius 1 is 1.14 bits per heavy atom. The molecule has 0 saturated carbocycles. The first-order chi connectivity index (χ1) is 16.8. The van der Waals surface area contributed by atoms with Crippen LogP contribution in [0.1, 0.15) is 30.0 Å². The minimum absolute atomic E-state index is 0.00810. The smallest absolute Gasteiger partial charge is 0.283 e. The van der Waals surface area contributed by atoms with Gasteiger partial charge in [-0.1, -0.05) is 13.0 Å². The molecule has 2 aromatic carbocycles. The normalized spacial score (nSPS) is 16.3. The van der Waals surface area contributed by atoms with Crippen LogP contribution in [0.2, 0.25) is 0 Å². The molecule has 0 aromatic heterocycles. The van der Waals surface area contributed by atoms with Gasteiger partial charge in [0.2, 0.25) is 5.17 Å². The van der Waals surface area contributed by atoms with Gasteiger partial charge in [-0.15, -0.1) is 0 Å². The van der Waals surface area contributed by atoms with Crippen LogP contribution >= 0.6 is 34.4 Å². The van der Waals surface area contributed by atoms with Gasteiger partial charge in [0.25, 0.3) is 5.91 Å². The van der Waals surface area contributed by atoms with Gasteiger partial charge in [0.05, 0.1) is 16.3 Å². The Labute approximate surface area is 222 Å². The van der Waals surface area contributed by atoms with Gasteiger partial charge in [-0.3, -0.25) is 10.2 Å². The number of halogens is 1. The van der Waals surface area contributed by atoms with Crippen LogP contribution in [0, 0.1) is 22.8 Å². The summed E-state index contributed by atoms with van der Waals surface area (Å²) in [5.74, 6) is 1.47. The number of thioether (sulfide) groups is 1. The third-order valence-electron chi connectivity index (χ3n) is 5.44. The first-order valence-corrected chi connectivity index (χ1v) is 12.9. The molecule has 182 valence electrons. The third kappa shape index (κ3) is 5.53. The summed E-state index contributed by atoms with van der Waals surface area (Å²) >= 11 is 3.49. The summed E-state index contributed by atoms with van der Waals surface area (Å²) in [6, 6.07) is 9.63. The molecule has 8 nitrogen and oxygen atoms in total. The van der Waals surface area contributed by atoms with Crippen LogP contribution < -0.4 is 14.2 Å². The van der Waals surface area contributed by atoms with E-state index in [4.69, 9.17) is 19.6 Å². The SMILES string of the molecule is CCC1=NN2C(=N)/C(=C/c3cc(I)c(OCCOc4ccc(C)c(C)c4)c(OC)c3)C(=O)N=C2S1. The number of ether oxygens (including phenoxy) is 3. The average molecular weight is 604 g/mol. The molecule has 0 bridgehead atoms. The summed E-state index contributed by atoms with van der Waals surface area (Å²) in [6.45, 7) is 6.81. The fourth-order valence-corrected chi connectivity index (χ4v) is 5.02. The summed E-state index contributed by atoms with van der Waals surface area (Å²) in [4.78, 5) is 16.7. The molecule has 0 saturated heterocycles. The zero-order valence-electron chi connectivity index (χ0n) is 19.8. The van der Waals surface area contributed by atoms with E-state index in [0.29, 0.717) is 41.9 Å². The molecule has 10 heteroatoms. The number of hydrogen-bond donors (Lipinski definition) is 1. The van der Waals surface area contributed by atoms with Gasteiger partial charge in [0.15, 0.2) is 17.3 Å². The van der Waals surface area contributed by atoms with Crippen molar-refractivity contribution in [3.05, 3.63) is 56.2 Å². The van der Waals surface area contributed by atoms with Crippen LogP contribution in [-0.2, 0) is 4.79 Å². The molecule has 0 fully saturated rings. The molecule has 0 aliphatic carbocycles. The van der Waals surface area contributed by atoms with E-state index >= 15 is 0 Å². The maximum absolute atomic E-state index is 12.6. The first-order valence-electron chi connectivity index (χ1n) is 11.0. The van der Waals surface area contributed by atoms with Gasteiger partial charge >= 0.3 is 0 Å². The highest BCUT2D eigenvalue weighted by Gasteiger charge is 2.35. The number of methoxy groups -OCH3 is 1. The van der Waals surface area contributed by atoms with Crippen molar-refractivity contribution in [3.8, 4) is 17.2 Å². The van der Waals surface area contributed by atoms with Gasteiger partial charge in [-0.05, 0) is 102 Å². The molecule has 0 spiro atoms. The van der Waals surface area contributed by atoms with Crippen molar-refractivity contribution in [1.29, 1.82) is 5.41 Å². The molecule has 0 atom stereocenters. The lowest BCUT2D eigenvalue weighted by Gasteiger charge is -2.20. The molecule has 2 aliphatic heterocycles. The highest BCUT2D eigenvalue weighted by molar-refractivity contribution is 14.1. The summed E-state index contributed by atoms with van der Waals surface area (Å²) in [6.07, 6.45) is 2.35. The second kappa shape index (κ2) is 10.8. The van der Waals surface area contributed by atoms with Crippen molar-refractivity contribution < 1.29 is 19.0 Å². The monoisotopic (exact) mass is 604 g/mol. The Bertz CT molecular complexity index is 1290.